The summed E-state index contributed by atoms with van der Waals surface area (Å²) in [7, 11) is 0. The van der Waals surface area contributed by atoms with Gasteiger partial charge in [0.05, 0.1) is 0 Å². The summed E-state index contributed by atoms with van der Waals surface area (Å²) in [6, 6.07) is 20.4. The first kappa shape index (κ1) is 24.0. The number of amides is 2. The molecule has 3 rings (SSSR count). The summed E-state index contributed by atoms with van der Waals surface area (Å²) in [4.78, 5) is 25.1. The zero-order valence-electron chi connectivity index (χ0n) is 19.8. The van der Waals surface area contributed by atoms with Crippen molar-refractivity contribution in [1.82, 2.24) is 10.6 Å². The van der Waals surface area contributed by atoms with E-state index in [1.165, 1.54) is 11.1 Å². The van der Waals surface area contributed by atoms with Gasteiger partial charge in [0.25, 0.3) is 0 Å². The molecule has 0 aliphatic heterocycles. The van der Waals surface area contributed by atoms with Gasteiger partial charge in [0.15, 0.2) is 0 Å². The first-order valence-electron chi connectivity index (χ1n) is 11.9. The van der Waals surface area contributed by atoms with Crippen molar-refractivity contribution in [2.75, 3.05) is 6.54 Å². The molecule has 2 amide bonds. The summed E-state index contributed by atoms with van der Waals surface area (Å²) in [5.74, 6) is 0.215. The van der Waals surface area contributed by atoms with E-state index in [0.29, 0.717) is 19.4 Å². The van der Waals surface area contributed by atoms with Crippen LogP contribution < -0.4 is 10.6 Å². The lowest BCUT2D eigenvalue weighted by Crippen LogP contribution is -2.50. The first-order valence-corrected chi connectivity index (χ1v) is 11.9. The van der Waals surface area contributed by atoms with E-state index in [0.717, 1.165) is 32.1 Å². The van der Waals surface area contributed by atoms with Crippen LogP contribution in [0.2, 0.25) is 0 Å². The maximum absolute atomic E-state index is 12.6. The van der Waals surface area contributed by atoms with Crippen molar-refractivity contribution in [3.8, 4) is 0 Å². The third-order valence-electron chi connectivity index (χ3n) is 6.49. The Kier molecular flexibility index (Phi) is 8.11. The maximum Gasteiger partial charge on any atom is 0.220 e. The Morgan fingerprint density at radius 3 is 1.91 bits per heavy atom. The molecule has 32 heavy (non-hydrogen) atoms. The minimum Gasteiger partial charge on any atom is -0.356 e. The van der Waals surface area contributed by atoms with Crippen LogP contribution in [0.4, 0.5) is 0 Å². The van der Waals surface area contributed by atoms with Gasteiger partial charge in [-0.15, -0.1) is 0 Å². The molecule has 0 saturated heterocycles. The van der Waals surface area contributed by atoms with E-state index in [4.69, 9.17) is 0 Å². The highest BCUT2D eigenvalue weighted by Gasteiger charge is 2.41. The van der Waals surface area contributed by atoms with E-state index >= 15 is 0 Å². The highest BCUT2D eigenvalue weighted by atomic mass is 16.2. The Labute approximate surface area is 193 Å². The molecule has 2 atom stereocenters. The maximum atomic E-state index is 12.6. The molecule has 0 spiro atoms. The molecule has 1 aliphatic carbocycles. The van der Waals surface area contributed by atoms with Crippen molar-refractivity contribution in [3.05, 3.63) is 71.8 Å². The van der Waals surface area contributed by atoms with Crippen LogP contribution in [0.25, 0.3) is 0 Å². The van der Waals surface area contributed by atoms with Crippen molar-refractivity contribution in [2.24, 2.45) is 10.8 Å². The number of hydrogen-bond acceptors (Lipinski definition) is 2. The monoisotopic (exact) mass is 434 g/mol. The summed E-state index contributed by atoms with van der Waals surface area (Å²) >= 11 is 0. The van der Waals surface area contributed by atoms with E-state index in [1.54, 1.807) is 0 Å². The molecule has 0 radical (unpaired) electrons. The van der Waals surface area contributed by atoms with Gasteiger partial charge in [-0.1, -0.05) is 81.4 Å². The van der Waals surface area contributed by atoms with Crippen molar-refractivity contribution >= 4 is 11.8 Å². The molecule has 1 fully saturated rings. The molecular formula is C28H38N2O2. The van der Waals surface area contributed by atoms with Crippen molar-refractivity contribution in [1.29, 1.82) is 0 Å². The van der Waals surface area contributed by atoms with Crippen LogP contribution in [0.1, 0.15) is 64.0 Å². The third kappa shape index (κ3) is 7.81. The lowest BCUT2D eigenvalue weighted by molar-refractivity contribution is -0.124. The van der Waals surface area contributed by atoms with Gasteiger partial charge in [0.2, 0.25) is 11.8 Å². The van der Waals surface area contributed by atoms with Gasteiger partial charge in [-0.3, -0.25) is 9.59 Å². The van der Waals surface area contributed by atoms with Crippen LogP contribution in [0.5, 0.6) is 0 Å². The van der Waals surface area contributed by atoms with Crippen LogP contribution in [-0.4, -0.2) is 24.4 Å². The van der Waals surface area contributed by atoms with E-state index in [9.17, 15) is 9.59 Å². The number of carbonyl (C=O) groups is 2. The topological polar surface area (TPSA) is 58.2 Å². The highest BCUT2D eigenvalue weighted by molar-refractivity contribution is 5.77. The van der Waals surface area contributed by atoms with Gasteiger partial charge in [-0.25, -0.2) is 0 Å². The van der Waals surface area contributed by atoms with Gasteiger partial charge in [-0.05, 0) is 54.1 Å². The minimum absolute atomic E-state index is 0.0263. The van der Waals surface area contributed by atoms with Crippen molar-refractivity contribution in [2.45, 2.75) is 71.8 Å². The van der Waals surface area contributed by atoms with Crippen LogP contribution >= 0.6 is 0 Å². The number of aryl methyl sites for hydroxylation is 2. The molecule has 1 saturated carbocycles. The lowest BCUT2D eigenvalue weighted by Gasteiger charge is -2.47. The zero-order chi connectivity index (χ0) is 23.0. The summed E-state index contributed by atoms with van der Waals surface area (Å²) < 4.78 is 0. The minimum atomic E-state index is -0.0263. The second-order valence-corrected chi connectivity index (χ2v) is 10.6. The highest BCUT2D eigenvalue weighted by Crippen LogP contribution is 2.45. The molecule has 4 nitrogen and oxygen atoms in total. The van der Waals surface area contributed by atoms with E-state index < -0.39 is 0 Å². The molecule has 4 heteroatoms. The fourth-order valence-corrected chi connectivity index (χ4v) is 5.38. The van der Waals surface area contributed by atoms with E-state index in [-0.39, 0.29) is 28.7 Å². The summed E-state index contributed by atoms with van der Waals surface area (Å²) in [6.45, 7) is 7.43. The van der Waals surface area contributed by atoms with Crippen LogP contribution in [0, 0.1) is 10.8 Å². The molecule has 172 valence electrons. The second-order valence-electron chi connectivity index (χ2n) is 10.6. The molecule has 2 aromatic rings. The van der Waals surface area contributed by atoms with Gasteiger partial charge >= 0.3 is 0 Å². The smallest absolute Gasteiger partial charge is 0.220 e. The van der Waals surface area contributed by atoms with Crippen LogP contribution in [0.15, 0.2) is 60.7 Å². The SMILES string of the molecule is CC1(C)C[C@H](NC(=O)CCc2ccccc2)C[C@@](C)(CNC(=O)CCc2ccccc2)C1. The number of carbonyl (C=O) groups excluding carboxylic acids is 2. The second kappa shape index (κ2) is 10.8. The quantitative estimate of drug-likeness (QED) is 0.579. The Morgan fingerprint density at radius 2 is 1.34 bits per heavy atom. The zero-order valence-corrected chi connectivity index (χ0v) is 19.8. The molecule has 0 unspecified atom stereocenters. The Balaban J connectivity index is 1.48. The fourth-order valence-electron chi connectivity index (χ4n) is 5.38. The Hall–Kier alpha value is -2.62. The predicted octanol–water partition coefficient (Wildman–Crippen LogP) is 5.07. The van der Waals surface area contributed by atoms with Gasteiger partial charge in [0, 0.05) is 25.4 Å². The van der Waals surface area contributed by atoms with Crippen molar-refractivity contribution in [3.63, 3.8) is 0 Å². The summed E-state index contributed by atoms with van der Waals surface area (Å²) in [5.41, 5.74) is 2.47. The predicted molar refractivity (Wildman–Crippen MR) is 130 cm³/mol. The third-order valence-corrected chi connectivity index (χ3v) is 6.49. The summed E-state index contributed by atoms with van der Waals surface area (Å²) in [6.07, 6.45) is 5.44. The summed E-state index contributed by atoms with van der Waals surface area (Å²) in [5, 5.41) is 6.45. The number of nitrogens with one attached hydrogen (secondary N) is 2. The molecule has 0 aromatic heterocycles. The first-order chi connectivity index (χ1) is 15.2. The molecule has 0 bridgehead atoms. The van der Waals surface area contributed by atoms with Gasteiger partial charge in [-0.2, -0.15) is 0 Å². The van der Waals surface area contributed by atoms with E-state index in [1.807, 2.05) is 36.4 Å². The molecule has 2 N–H and O–H groups in total. The van der Waals surface area contributed by atoms with E-state index in [2.05, 4.69) is 55.7 Å². The largest absolute Gasteiger partial charge is 0.356 e. The molecule has 2 aromatic carbocycles. The van der Waals surface area contributed by atoms with Crippen molar-refractivity contribution < 1.29 is 9.59 Å². The standard InChI is InChI=1S/C28H38N2O2/c1-27(2)18-24(30-26(32)17-15-23-12-8-5-9-13-23)19-28(3,20-27)21-29-25(31)16-14-22-10-6-4-7-11-22/h4-13,24H,14-21H2,1-3H3,(H,29,31)(H,30,32)/t24-,28+/m0/s1. The Bertz CT molecular complexity index is 879. The lowest BCUT2D eigenvalue weighted by atomic mass is 9.62. The van der Waals surface area contributed by atoms with Crippen LogP contribution in [0.3, 0.4) is 0 Å². The number of benzene rings is 2. The normalized spacial score (nSPS) is 22.2. The molecular weight excluding hydrogens is 396 g/mol. The Morgan fingerprint density at radius 1 is 0.812 bits per heavy atom. The molecule has 0 heterocycles. The number of rotatable bonds is 9. The fraction of sp³-hybridized carbons (Fsp3) is 0.500. The van der Waals surface area contributed by atoms with Crippen LogP contribution in [-0.2, 0) is 22.4 Å². The average molecular weight is 435 g/mol. The number of hydrogen-bond donors (Lipinski definition) is 2. The van der Waals surface area contributed by atoms with Gasteiger partial charge < -0.3 is 10.6 Å². The molecule has 1 aliphatic rings. The average Bonchev–Trinajstić information content (AvgIpc) is 2.75. The van der Waals surface area contributed by atoms with Gasteiger partial charge in [0.1, 0.15) is 0 Å².